The summed E-state index contributed by atoms with van der Waals surface area (Å²) in [5, 5.41) is 1.83. The first-order valence-corrected chi connectivity index (χ1v) is 7.39. The van der Waals surface area contributed by atoms with Gasteiger partial charge < -0.3 is 4.90 Å². The predicted molar refractivity (Wildman–Crippen MR) is 80.8 cm³/mol. The zero-order chi connectivity index (χ0) is 13.1. The van der Waals surface area contributed by atoms with Gasteiger partial charge in [0.1, 0.15) is 5.82 Å². The lowest BCUT2D eigenvalue weighted by molar-refractivity contribution is 0.0988. The molecule has 0 fully saturated rings. The van der Waals surface area contributed by atoms with Crippen LogP contribution in [0.4, 0.5) is 10.1 Å². The standard InChI is InChI=1S/C13H11FINOS/c1-2-16(11-5-3-4-10(14)7-11)13(17)9-6-12(15)18-8-9/h3-8H,2H2,1H3. The van der Waals surface area contributed by atoms with Crippen molar-refractivity contribution >= 4 is 45.5 Å². The first kappa shape index (κ1) is 13.5. The summed E-state index contributed by atoms with van der Waals surface area (Å²) in [5.74, 6) is -0.430. The summed E-state index contributed by atoms with van der Waals surface area (Å²) in [7, 11) is 0. The summed E-state index contributed by atoms with van der Waals surface area (Å²) in [5.41, 5.74) is 1.24. The van der Waals surface area contributed by atoms with Gasteiger partial charge in [0.25, 0.3) is 5.91 Å². The van der Waals surface area contributed by atoms with E-state index in [9.17, 15) is 9.18 Å². The van der Waals surface area contributed by atoms with E-state index in [0.717, 1.165) is 2.88 Å². The van der Waals surface area contributed by atoms with Crippen LogP contribution in [-0.4, -0.2) is 12.5 Å². The van der Waals surface area contributed by atoms with Gasteiger partial charge >= 0.3 is 0 Å². The molecule has 0 unspecified atom stereocenters. The van der Waals surface area contributed by atoms with Crippen LogP contribution < -0.4 is 4.90 Å². The summed E-state index contributed by atoms with van der Waals surface area (Å²) in [6, 6.07) is 7.93. The van der Waals surface area contributed by atoms with Crippen molar-refractivity contribution in [3.63, 3.8) is 0 Å². The number of amides is 1. The summed E-state index contributed by atoms with van der Waals surface area (Å²) < 4.78 is 14.3. The smallest absolute Gasteiger partial charge is 0.259 e. The predicted octanol–water partition coefficient (Wildman–Crippen LogP) is 4.16. The Bertz CT molecular complexity index is 570. The molecule has 1 aromatic carbocycles. The van der Waals surface area contributed by atoms with Gasteiger partial charge in [0.05, 0.1) is 8.45 Å². The maximum absolute atomic E-state index is 13.2. The second kappa shape index (κ2) is 5.79. The second-order valence-corrected chi connectivity index (χ2v) is 6.47. The molecule has 1 heterocycles. The van der Waals surface area contributed by atoms with Gasteiger partial charge in [0.2, 0.25) is 0 Å². The van der Waals surface area contributed by atoms with Gasteiger partial charge in [-0.3, -0.25) is 4.79 Å². The van der Waals surface area contributed by atoms with Crippen molar-refractivity contribution in [2.45, 2.75) is 6.92 Å². The molecule has 0 bridgehead atoms. The van der Waals surface area contributed by atoms with E-state index in [1.165, 1.54) is 23.5 Å². The van der Waals surface area contributed by atoms with Crippen LogP contribution in [0.2, 0.25) is 0 Å². The Kier molecular flexibility index (Phi) is 4.34. The number of hydrogen-bond acceptors (Lipinski definition) is 2. The molecule has 0 aliphatic heterocycles. The third-order valence-electron chi connectivity index (χ3n) is 2.50. The summed E-state index contributed by atoms with van der Waals surface area (Å²) in [6.45, 7) is 2.38. The number of hydrogen-bond donors (Lipinski definition) is 0. The maximum atomic E-state index is 13.2. The average Bonchev–Trinajstić information content (AvgIpc) is 2.77. The van der Waals surface area contributed by atoms with E-state index in [2.05, 4.69) is 22.6 Å². The minimum absolute atomic E-state index is 0.0951. The molecule has 2 rings (SSSR count). The fraction of sp³-hybridized carbons (Fsp3) is 0.154. The molecule has 0 radical (unpaired) electrons. The molecular formula is C13H11FINOS. The Morgan fingerprint density at radius 3 is 2.78 bits per heavy atom. The minimum Gasteiger partial charge on any atom is -0.309 e. The minimum atomic E-state index is -0.335. The Labute approximate surface area is 123 Å². The fourth-order valence-corrected chi connectivity index (χ4v) is 2.99. The molecule has 0 N–H and O–H groups in total. The Morgan fingerprint density at radius 1 is 1.44 bits per heavy atom. The van der Waals surface area contributed by atoms with Crippen molar-refractivity contribution in [2.24, 2.45) is 0 Å². The highest BCUT2D eigenvalue weighted by atomic mass is 127. The number of carbonyl (C=O) groups is 1. The molecule has 2 aromatic rings. The van der Waals surface area contributed by atoms with Gasteiger partial charge in [-0.05, 0) is 53.8 Å². The largest absolute Gasteiger partial charge is 0.309 e. The lowest BCUT2D eigenvalue weighted by atomic mass is 10.2. The third-order valence-corrected chi connectivity index (χ3v) is 4.28. The number of benzene rings is 1. The zero-order valence-electron chi connectivity index (χ0n) is 9.69. The quantitative estimate of drug-likeness (QED) is 0.738. The maximum Gasteiger partial charge on any atom is 0.259 e. The molecule has 94 valence electrons. The molecular weight excluding hydrogens is 364 g/mol. The van der Waals surface area contributed by atoms with E-state index in [1.54, 1.807) is 17.0 Å². The van der Waals surface area contributed by atoms with Crippen molar-refractivity contribution in [1.29, 1.82) is 0 Å². The molecule has 18 heavy (non-hydrogen) atoms. The van der Waals surface area contributed by atoms with Gasteiger partial charge in [-0.1, -0.05) is 6.07 Å². The highest BCUT2D eigenvalue weighted by molar-refractivity contribution is 14.1. The van der Waals surface area contributed by atoms with Gasteiger partial charge in [-0.15, -0.1) is 11.3 Å². The van der Waals surface area contributed by atoms with Crippen LogP contribution in [0, 0.1) is 8.70 Å². The first-order valence-electron chi connectivity index (χ1n) is 5.43. The van der Waals surface area contributed by atoms with E-state index >= 15 is 0 Å². The molecule has 1 aromatic heterocycles. The van der Waals surface area contributed by atoms with E-state index in [0.29, 0.717) is 17.8 Å². The number of carbonyl (C=O) groups excluding carboxylic acids is 1. The highest BCUT2D eigenvalue weighted by Crippen LogP contribution is 2.22. The van der Waals surface area contributed by atoms with Gasteiger partial charge in [-0.25, -0.2) is 4.39 Å². The molecule has 0 atom stereocenters. The van der Waals surface area contributed by atoms with Crippen LogP contribution >= 0.6 is 33.9 Å². The lowest BCUT2D eigenvalue weighted by Crippen LogP contribution is -2.30. The normalized spacial score (nSPS) is 10.4. The van der Waals surface area contributed by atoms with Crippen LogP contribution in [0.1, 0.15) is 17.3 Å². The highest BCUT2D eigenvalue weighted by Gasteiger charge is 2.17. The molecule has 0 saturated heterocycles. The lowest BCUT2D eigenvalue weighted by Gasteiger charge is -2.20. The van der Waals surface area contributed by atoms with Crippen molar-refractivity contribution in [2.75, 3.05) is 11.4 Å². The molecule has 2 nitrogen and oxygen atoms in total. The Hall–Kier alpha value is -0.950. The summed E-state index contributed by atoms with van der Waals surface area (Å²) >= 11 is 3.70. The fourth-order valence-electron chi connectivity index (χ4n) is 1.67. The third kappa shape index (κ3) is 2.89. The Balaban J connectivity index is 2.31. The number of halogens is 2. The number of anilines is 1. The monoisotopic (exact) mass is 375 g/mol. The van der Waals surface area contributed by atoms with Crippen LogP contribution in [0.3, 0.4) is 0 Å². The van der Waals surface area contributed by atoms with Crippen LogP contribution in [0.5, 0.6) is 0 Å². The van der Waals surface area contributed by atoms with Gasteiger partial charge in [0.15, 0.2) is 0 Å². The first-order chi connectivity index (χ1) is 8.61. The van der Waals surface area contributed by atoms with Crippen molar-refractivity contribution in [1.82, 2.24) is 0 Å². The van der Waals surface area contributed by atoms with E-state index in [4.69, 9.17) is 0 Å². The Morgan fingerprint density at radius 2 is 2.22 bits per heavy atom. The van der Waals surface area contributed by atoms with Gasteiger partial charge in [-0.2, -0.15) is 0 Å². The van der Waals surface area contributed by atoms with E-state index in [1.807, 2.05) is 18.4 Å². The van der Waals surface area contributed by atoms with Crippen LogP contribution in [0.25, 0.3) is 0 Å². The number of thiophene rings is 1. The molecule has 0 saturated carbocycles. The van der Waals surface area contributed by atoms with Crippen molar-refractivity contribution in [3.8, 4) is 0 Å². The topological polar surface area (TPSA) is 20.3 Å². The molecule has 1 amide bonds. The van der Waals surface area contributed by atoms with E-state index < -0.39 is 0 Å². The molecule has 0 spiro atoms. The van der Waals surface area contributed by atoms with E-state index in [-0.39, 0.29) is 11.7 Å². The SMILES string of the molecule is CCN(C(=O)c1csc(I)c1)c1cccc(F)c1. The zero-order valence-corrected chi connectivity index (χ0v) is 12.7. The number of nitrogens with zero attached hydrogens (tertiary/aromatic N) is 1. The molecule has 5 heteroatoms. The van der Waals surface area contributed by atoms with Crippen molar-refractivity contribution < 1.29 is 9.18 Å². The van der Waals surface area contributed by atoms with Crippen LogP contribution in [0.15, 0.2) is 35.7 Å². The van der Waals surface area contributed by atoms with Gasteiger partial charge in [0, 0.05) is 17.6 Å². The summed E-state index contributed by atoms with van der Waals surface area (Å²) in [4.78, 5) is 13.9. The molecule has 0 aliphatic rings. The van der Waals surface area contributed by atoms with Crippen LogP contribution in [-0.2, 0) is 0 Å². The average molecular weight is 375 g/mol. The molecule has 0 aliphatic carbocycles. The summed E-state index contributed by atoms with van der Waals surface area (Å²) in [6.07, 6.45) is 0. The number of rotatable bonds is 3. The second-order valence-electron chi connectivity index (χ2n) is 3.67. The van der Waals surface area contributed by atoms with Crippen molar-refractivity contribution in [3.05, 3.63) is 50.0 Å².